The van der Waals surface area contributed by atoms with Gasteiger partial charge in [0.1, 0.15) is 5.75 Å². The van der Waals surface area contributed by atoms with E-state index in [1.165, 1.54) is 11.3 Å². The Kier molecular flexibility index (Phi) is 6.44. The molecular formula is C25H31N3O3. The summed E-state index contributed by atoms with van der Waals surface area (Å²) in [4.78, 5) is 29.3. The monoisotopic (exact) mass is 421 g/mol. The molecule has 2 amide bonds. The summed E-state index contributed by atoms with van der Waals surface area (Å²) in [5, 5.41) is 3.22. The summed E-state index contributed by atoms with van der Waals surface area (Å²) in [6.45, 7) is 4.07. The molecule has 0 spiro atoms. The predicted octanol–water partition coefficient (Wildman–Crippen LogP) is 3.32. The van der Waals surface area contributed by atoms with E-state index in [1.54, 1.807) is 14.0 Å². The van der Waals surface area contributed by atoms with Gasteiger partial charge in [-0.2, -0.15) is 0 Å². The van der Waals surface area contributed by atoms with Crippen molar-refractivity contribution in [3.8, 4) is 5.75 Å². The first kappa shape index (κ1) is 21.2. The van der Waals surface area contributed by atoms with Gasteiger partial charge in [0.05, 0.1) is 19.6 Å². The van der Waals surface area contributed by atoms with E-state index in [0.717, 1.165) is 43.7 Å². The topological polar surface area (TPSA) is 61.9 Å². The maximum Gasteiger partial charge on any atom is 0.222 e. The van der Waals surface area contributed by atoms with E-state index in [-0.39, 0.29) is 23.9 Å². The zero-order valence-electron chi connectivity index (χ0n) is 18.3. The SMILES string of the molecule is COc1ccc(N2CCC(NC(=O)CC3c4ccccc4CCN3C(C)=O)CC2)cc1. The van der Waals surface area contributed by atoms with Crippen LogP contribution in [0.15, 0.2) is 48.5 Å². The third-order valence-corrected chi connectivity index (χ3v) is 6.49. The molecule has 1 atom stereocenters. The van der Waals surface area contributed by atoms with Gasteiger partial charge in [-0.25, -0.2) is 0 Å². The minimum absolute atomic E-state index is 0.0239. The van der Waals surface area contributed by atoms with Crippen molar-refractivity contribution in [2.24, 2.45) is 0 Å². The lowest BCUT2D eigenvalue weighted by molar-refractivity contribution is -0.133. The second-order valence-corrected chi connectivity index (χ2v) is 8.41. The normalized spacial score (nSPS) is 19.0. The highest BCUT2D eigenvalue weighted by molar-refractivity contribution is 5.80. The summed E-state index contributed by atoms with van der Waals surface area (Å²) in [5.41, 5.74) is 3.53. The molecule has 31 heavy (non-hydrogen) atoms. The first-order valence-corrected chi connectivity index (χ1v) is 11.1. The highest BCUT2D eigenvalue weighted by Gasteiger charge is 2.31. The lowest BCUT2D eigenvalue weighted by Crippen LogP contribution is -2.46. The molecule has 1 fully saturated rings. The number of ether oxygens (including phenoxy) is 1. The molecule has 2 aliphatic rings. The van der Waals surface area contributed by atoms with Crippen LogP contribution in [0, 0.1) is 0 Å². The van der Waals surface area contributed by atoms with Gasteiger partial charge in [0.15, 0.2) is 0 Å². The van der Waals surface area contributed by atoms with Gasteiger partial charge in [-0.1, -0.05) is 24.3 Å². The third-order valence-electron chi connectivity index (χ3n) is 6.49. The van der Waals surface area contributed by atoms with Crippen LogP contribution in [0.3, 0.4) is 0 Å². The fraction of sp³-hybridized carbons (Fsp3) is 0.440. The highest BCUT2D eigenvalue weighted by atomic mass is 16.5. The van der Waals surface area contributed by atoms with Crippen molar-refractivity contribution < 1.29 is 14.3 Å². The fourth-order valence-corrected chi connectivity index (χ4v) is 4.79. The molecule has 2 aromatic rings. The maximum absolute atomic E-state index is 12.9. The molecular weight excluding hydrogens is 390 g/mol. The van der Waals surface area contributed by atoms with Crippen LogP contribution in [0.4, 0.5) is 5.69 Å². The largest absolute Gasteiger partial charge is 0.497 e. The zero-order valence-corrected chi connectivity index (χ0v) is 18.3. The molecule has 0 bridgehead atoms. The van der Waals surface area contributed by atoms with Gasteiger partial charge in [0.25, 0.3) is 0 Å². The number of amides is 2. The lowest BCUT2D eigenvalue weighted by atomic mass is 9.90. The first-order valence-electron chi connectivity index (χ1n) is 11.1. The van der Waals surface area contributed by atoms with Crippen molar-refractivity contribution in [3.63, 3.8) is 0 Å². The number of piperidine rings is 1. The van der Waals surface area contributed by atoms with Gasteiger partial charge in [-0.3, -0.25) is 9.59 Å². The van der Waals surface area contributed by atoms with Gasteiger partial charge >= 0.3 is 0 Å². The molecule has 0 aromatic heterocycles. The number of anilines is 1. The van der Waals surface area contributed by atoms with Crippen molar-refractivity contribution in [1.82, 2.24) is 10.2 Å². The van der Waals surface area contributed by atoms with Crippen LogP contribution in [0.25, 0.3) is 0 Å². The van der Waals surface area contributed by atoms with Gasteiger partial charge in [-0.15, -0.1) is 0 Å². The van der Waals surface area contributed by atoms with Crippen LogP contribution in [0.1, 0.15) is 43.4 Å². The number of hydrogen-bond donors (Lipinski definition) is 1. The highest BCUT2D eigenvalue weighted by Crippen LogP contribution is 2.32. The Labute approximate surface area is 184 Å². The minimum atomic E-state index is -0.179. The molecule has 0 saturated carbocycles. The summed E-state index contributed by atoms with van der Waals surface area (Å²) in [6.07, 6.45) is 2.98. The summed E-state index contributed by atoms with van der Waals surface area (Å²) in [7, 11) is 1.67. The number of rotatable bonds is 5. The smallest absolute Gasteiger partial charge is 0.222 e. The Morgan fingerprint density at radius 3 is 2.42 bits per heavy atom. The molecule has 1 N–H and O–H groups in total. The average Bonchev–Trinajstić information content (AvgIpc) is 2.79. The molecule has 6 nitrogen and oxygen atoms in total. The quantitative estimate of drug-likeness (QED) is 0.805. The van der Waals surface area contributed by atoms with Crippen molar-refractivity contribution in [1.29, 1.82) is 0 Å². The molecule has 0 radical (unpaired) electrons. The molecule has 2 heterocycles. The summed E-state index contributed by atoms with van der Waals surface area (Å²) < 4.78 is 5.23. The van der Waals surface area contributed by atoms with Crippen LogP contribution in [0.2, 0.25) is 0 Å². The number of nitrogens with one attached hydrogen (secondary N) is 1. The van der Waals surface area contributed by atoms with Crippen molar-refractivity contribution in [2.75, 3.05) is 31.6 Å². The van der Waals surface area contributed by atoms with E-state index in [2.05, 4.69) is 34.5 Å². The predicted molar refractivity (Wildman–Crippen MR) is 121 cm³/mol. The Hall–Kier alpha value is -3.02. The van der Waals surface area contributed by atoms with Crippen LogP contribution >= 0.6 is 0 Å². The number of nitrogens with zero attached hydrogens (tertiary/aromatic N) is 2. The Morgan fingerprint density at radius 2 is 1.74 bits per heavy atom. The maximum atomic E-state index is 12.9. The van der Waals surface area contributed by atoms with E-state index in [1.807, 2.05) is 29.2 Å². The Balaban J connectivity index is 1.34. The standard InChI is InChI=1S/C25H31N3O3/c1-18(29)28-16-11-19-5-3-4-6-23(19)24(28)17-25(30)26-20-12-14-27(15-13-20)21-7-9-22(31-2)10-8-21/h3-10,20,24H,11-17H2,1-2H3,(H,26,30). The van der Waals surface area contributed by atoms with Crippen molar-refractivity contribution in [3.05, 3.63) is 59.7 Å². The molecule has 1 saturated heterocycles. The lowest BCUT2D eigenvalue weighted by Gasteiger charge is -2.37. The van der Waals surface area contributed by atoms with E-state index in [9.17, 15) is 9.59 Å². The van der Waals surface area contributed by atoms with E-state index in [4.69, 9.17) is 4.74 Å². The zero-order chi connectivity index (χ0) is 21.8. The molecule has 0 aliphatic carbocycles. The van der Waals surface area contributed by atoms with Crippen LogP contribution in [-0.2, 0) is 16.0 Å². The van der Waals surface area contributed by atoms with Gasteiger partial charge in [-0.05, 0) is 54.7 Å². The van der Waals surface area contributed by atoms with Gasteiger partial charge in [0, 0.05) is 38.3 Å². The molecule has 164 valence electrons. The average molecular weight is 422 g/mol. The summed E-state index contributed by atoms with van der Waals surface area (Å²) >= 11 is 0. The van der Waals surface area contributed by atoms with E-state index in [0.29, 0.717) is 13.0 Å². The number of fused-ring (bicyclic) bond motifs is 1. The number of methoxy groups -OCH3 is 1. The Bertz CT molecular complexity index is 920. The van der Waals surface area contributed by atoms with Crippen LogP contribution < -0.4 is 15.0 Å². The van der Waals surface area contributed by atoms with Crippen molar-refractivity contribution in [2.45, 2.75) is 44.7 Å². The molecule has 4 rings (SSSR count). The molecule has 1 unspecified atom stereocenters. The minimum Gasteiger partial charge on any atom is -0.497 e. The fourth-order valence-electron chi connectivity index (χ4n) is 4.79. The van der Waals surface area contributed by atoms with Crippen LogP contribution in [0.5, 0.6) is 5.75 Å². The van der Waals surface area contributed by atoms with Crippen molar-refractivity contribution >= 4 is 17.5 Å². The van der Waals surface area contributed by atoms with Crippen LogP contribution in [-0.4, -0.2) is 49.5 Å². The second-order valence-electron chi connectivity index (χ2n) is 8.41. The number of benzene rings is 2. The number of carbonyl (C=O) groups is 2. The number of hydrogen-bond acceptors (Lipinski definition) is 4. The van der Waals surface area contributed by atoms with Gasteiger partial charge in [0.2, 0.25) is 11.8 Å². The second kappa shape index (κ2) is 9.41. The summed E-state index contributed by atoms with van der Waals surface area (Å²) in [5.74, 6) is 0.908. The molecule has 2 aliphatic heterocycles. The molecule has 2 aromatic carbocycles. The van der Waals surface area contributed by atoms with E-state index >= 15 is 0 Å². The third kappa shape index (κ3) is 4.84. The first-order chi connectivity index (χ1) is 15.0. The van der Waals surface area contributed by atoms with Gasteiger partial charge < -0.3 is 19.9 Å². The molecule has 6 heteroatoms. The summed E-state index contributed by atoms with van der Waals surface area (Å²) in [6, 6.07) is 16.3. The van der Waals surface area contributed by atoms with E-state index < -0.39 is 0 Å². The Morgan fingerprint density at radius 1 is 1.03 bits per heavy atom. The number of carbonyl (C=O) groups excluding carboxylic acids is 2.